The maximum absolute atomic E-state index is 12.6. The van der Waals surface area contributed by atoms with Gasteiger partial charge in [-0.15, -0.1) is 0 Å². The highest BCUT2D eigenvalue weighted by Crippen LogP contribution is 2.37. The first kappa shape index (κ1) is 18.9. The Balaban J connectivity index is 2.41. The number of carbonyl (C=O) groups is 1. The number of ketones is 1. The molecule has 1 aromatic carbocycles. The molecule has 0 aliphatic heterocycles. The number of carbonyl (C=O) groups excluding carboxylic acids is 1. The van der Waals surface area contributed by atoms with Gasteiger partial charge in [0.15, 0.2) is 0 Å². The fourth-order valence-corrected chi connectivity index (χ4v) is 2.71. The molecular formula is C17H13F3O4S. The van der Waals surface area contributed by atoms with Gasteiger partial charge in [0.25, 0.3) is 0 Å². The summed E-state index contributed by atoms with van der Waals surface area (Å²) in [5.41, 5.74) is -5.68. The second-order valence-electron chi connectivity index (χ2n) is 4.97. The predicted octanol–water partition coefficient (Wildman–Crippen LogP) is 4.46. The van der Waals surface area contributed by atoms with Gasteiger partial charge < -0.3 is 9.15 Å². The van der Waals surface area contributed by atoms with E-state index in [2.05, 4.69) is 6.58 Å². The number of thioether (sulfide) groups is 1. The number of allylic oxidation sites excluding steroid dienone is 1. The van der Waals surface area contributed by atoms with Crippen molar-refractivity contribution in [2.45, 2.75) is 17.3 Å². The molecule has 0 fully saturated rings. The van der Waals surface area contributed by atoms with Crippen LogP contribution >= 0.6 is 11.8 Å². The highest BCUT2D eigenvalue weighted by atomic mass is 32.2. The van der Waals surface area contributed by atoms with Gasteiger partial charge in [-0.2, -0.15) is 13.2 Å². The number of methoxy groups -OCH3 is 1. The Kier molecular flexibility index (Phi) is 5.42. The van der Waals surface area contributed by atoms with Crippen molar-refractivity contribution in [1.29, 1.82) is 0 Å². The van der Waals surface area contributed by atoms with E-state index in [9.17, 15) is 22.8 Å². The zero-order valence-electron chi connectivity index (χ0n) is 13.3. The number of rotatable bonds is 5. The van der Waals surface area contributed by atoms with Crippen molar-refractivity contribution in [2.75, 3.05) is 7.11 Å². The second kappa shape index (κ2) is 7.18. The van der Waals surface area contributed by atoms with E-state index in [1.54, 1.807) is 0 Å². The Morgan fingerprint density at radius 3 is 2.56 bits per heavy atom. The van der Waals surface area contributed by atoms with Crippen molar-refractivity contribution in [2.24, 2.45) is 0 Å². The number of ether oxygens (including phenoxy) is 1. The summed E-state index contributed by atoms with van der Waals surface area (Å²) in [7, 11) is 1.29. The maximum atomic E-state index is 12.6. The molecule has 0 aliphatic carbocycles. The zero-order chi connectivity index (χ0) is 18.8. The predicted molar refractivity (Wildman–Crippen MR) is 88.0 cm³/mol. The molecule has 0 aliphatic rings. The van der Waals surface area contributed by atoms with Crippen LogP contribution in [0.1, 0.15) is 21.7 Å². The van der Waals surface area contributed by atoms with Crippen molar-refractivity contribution in [3.8, 4) is 5.75 Å². The Morgan fingerprint density at radius 1 is 1.28 bits per heavy atom. The molecule has 0 saturated heterocycles. The number of hydrogen-bond donors (Lipinski definition) is 0. The van der Waals surface area contributed by atoms with E-state index >= 15 is 0 Å². The molecule has 0 atom stereocenters. The number of hydrogen-bond acceptors (Lipinski definition) is 5. The lowest BCUT2D eigenvalue weighted by Crippen LogP contribution is -2.17. The summed E-state index contributed by atoms with van der Waals surface area (Å²) in [5, 5.41) is 0. The largest absolute Gasteiger partial charge is 0.496 e. The van der Waals surface area contributed by atoms with Gasteiger partial charge in [0, 0.05) is 16.5 Å². The van der Waals surface area contributed by atoms with Crippen LogP contribution in [-0.4, -0.2) is 18.4 Å². The molecule has 0 bridgehead atoms. The Morgan fingerprint density at radius 2 is 1.96 bits per heavy atom. The summed E-state index contributed by atoms with van der Waals surface area (Å²) >= 11 is -0.305. The van der Waals surface area contributed by atoms with Crippen LogP contribution in [0.2, 0.25) is 0 Å². The van der Waals surface area contributed by atoms with Crippen molar-refractivity contribution < 1.29 is 27.1 Å². The molecule has 25 heavy (non-hydrogen) atoms. The molecule has 0 amide bonds. The molecule has 1 aromatic heterocycles. The minimum Gasteiger partial charge on any atom is -0.496 e. The van der Waals surface area contributed by atoms with E-state index in [0.29, 0.717) is 0 Å². The van der Waals surface area contributed by atoms with Gasteiger partial charge >= 0.3 is 11.1 Å². The summed E-state index contributed by atoms with van der Waals surface area (Å²) in [4.78, 5) is 24.5. The Labute approximate surface area is 145 Å². The highest BCUT2D eigenvalue weighted by Gasteiger charge is 2.29. The minimum absolute atomic E-state index is 0.0146. The van der Waals surface area contributed by atoms with Crippen molar-refractivity contribution >= 4 is 23.1 Å². The molecule has 8 heteroatoms. The van der Waals surface area contributed by atoms with E-state index in [-0.39, 0.29) is 44.9 Å². The smallest absolute Gasteiger partial charge is 0.446 e. The first-order valence-electron chi connectivity index (χ1n) is 6.91. The first-order valence-corrected chi connectivity index (χ1v) is 7.72. The molecule has 0 radical (unpaired) electrons. The minimum atomic E-state index is -4.45. The summed E-state index contributed by atoms with van der Waals surface area (Å²) in [6, 6.07) is 6.62. The lowest BCUT2D eigenvalue weighted by Gasteiger charge is -2.10. The number of Topliss-reactive ketones (excluding diaryl/α,β-unsaturated/α-hetero) is 1. The highest BCUT2D eigenvalue weighted by molar-refractivity contribution is 8.00. The van der Waals surface area contributed by atoms with Crippen LogP contribution < -0.4 is 10.4 Å². The van der Waals surface area contributed by atoms with Crippen molar-refractivity contribution in [1.82, 2.24) is 0 Å². The molecular weight excluding hydrogens is 357 g/mol. The Bertz CT molecular complexity index is 884. The molecule has 132 valence electrons. The van der Waals surface area contributed by atoms with Crippen molar-refractivity contribution in [3.63, 3.8) is 0 Å². The summed E-state index contributed by atoms with van der Waals surface area (Å²) in [5.74, 6) is -0.506. The summed E-state index contributed by atoms with van der Waals surface area (Å²) < 4.78 is 47.4. The zero-order valence-corrected chi connectivity index (χ0v) is 14.1. The van der Waals surface area contributed by atoms with Crippen LogP contribution in [0.15, 0.2) is 51.0 Å². The van der Waals surface area contributed by atoms with E-state index in [0.717, 1.165) is 0 Å². The molecule has 2 aromatic rings. The van der Waals surface area contributed by atoms with E-state index in [1.165, 1.54) is 44.4 Å². The number of benzene rings is 1. The van der Waals surface area contributed by atoms with E-state index < -0.39 is 16.9 Å². The number of alkyl halides is 3. The molecule has 4 nitrogen and oxygen atoms in total. The van der Waals surface area contributed by atoms with Crippen molar-refractivity contribution in [3.05, 3.63) is 64.2 Å². The van der Waals surface area contributed by atoms with Gasteiger partial charge in [-0.1, -0.05) is 18.7 Å². The molecule has 0 N–H and O–H groups in total. The summed E-state index contributed by atoms with van der Waals surface area (Å²) in [6.45, 7) is 5.12. The Hall–Kier alpha value is -2.48. The van der Waals surface area contributed by atoms with Gasteiger partial charge in [-0.25, -0.2) is 4.79 Å². The lowest BCUT2D eigenvalue weighted by atomic mass is 9.99. The van der Waals surface area contributed by atoms with Gasteiger partial charge in [0.2, 0.25) is 5.78 Å². The van der Waals surface area contributed by atoms with E-state index in [1.807, 2.05) is 0 Å². The fourth-order valence-electron chi connectivity index (χ4n) is 2.11. The van der Waals surface area contributed by atoms with E-state index in [4.69, 9.17) is 9.15 Å². The normalized spacial score (nSPS) is 11.2. The average Bonchev–Trinajstić information content (AvgIpc) is 2.51. The van der Waals surface area contributed by atoms with Crippen LogP contribution in [0.25, 0.3) is 5.57 Å². The van der Waals surface area contributed by atoms with Crippen LogP contribution in [0.3, 0.4) is 0 Å². The van der Waals surface area contributed by atoms with Crippen LogP contribution in [0.5, 0.6) is 5.75 Å². The molecule has 2 rings (SSSR count). The first-order chi connectivity index (χ1) is 11.6. The lowest BCUT2D eigenvalue weighted by molar-refractivity contribution is -0.0328. The maximum Gasteiger partial charge on any atom is 0.446 e. The van der Waals surface area contributed by atoms with Crippen LogP contribution in [-0.2, 0) is 0 Å². The molecule has 0 spiro atoms. The van der Waals surface area contributed by atoms with Gasteiger partial charge in [-0.3, -0.25) is 4.79 Å². The van der Waals surface area contributed by atoms with Crippen LogP contribution in [0.4, 0.5) is 13.2 Å². The number of halogens is 3. The SMILES string of the molecule is C=C(C(=O)c1c(OC)cc(C)oc1=O)c1cccc(SC(F)(F)F)c1. The third kappa shape index (κ3) is 4.54. The van der Waals surface area contributed by atoms with Crippen LogP contribution in [0, 0.1) is 6.92 Å². The fraction of sp³-hybridized carbons (Fsp3) is 0.176. The third-order valence-corrected chi connectivity index (χ3v) is 3.90. The average molecular weight is 370 g/mol. The summed E-state index contributed by atoms with van der Waals surface area (Å²) in [6.07, 6.45) is 0. The topological polar surface area (TPSA) is 56.5 Å². The third-order valence-electron chi connectivity index (χ3n) is 3.18. The van der Waals surface area contributed by atoms with Gasteiger partial charge in [0.05, 0.1) is 7.11 Å². The molecule has 1 heterocycles. The second-order valence-corrected chi connectivity index (χ2v) is 6.11. The van der Waals surface area contributed by atoms with Gasteiger partial charge in [0.1, 0.15) is 17.1 Å². The monoisotopic (exact) mass is 370 g/mol. The standard InChI is InChI=1S/C17H13F3O4S/c1-9-7-13(23-3)14(16(22)24-9)15(21)10(2)11-5-4-6-12(8-11)25-17(18,19)20/h4-8H,2H2,1,3H3. The quantitative estimate of drug-likeness (QED) is 0.442. The molecule has 0 unspecified atom stereocenters. The van der Waals surface area contributed by atoms with Gasteiger partial charge in [-0.05, 0) is 36.4 Å². The molecule has 0 saturated carbocycles. The number of aryl methyl sites for hydroxylation is 1.